The number of carbonyl (C=O) groups excluding carboxylic acids is 1. The molecule has 2 aromatic heterocycles. The van der Waals surface area contributed by atoms with E-state index in [9.17, 15) is 4.79 Å². The molecular formula is C12H16N6O. The number of carbonyl (C=O) groups is 1. The minimum atomic E-state index is -0.242. The molecule has 7 heteroatoms. The van der Waals surface area contributed by atoms with E-state index in [0.717, 1.165) is 23.8 Å². The number of hydrogen-bond acceptors (Lipinski definition) is 5. The number of nitrogens with zero attached hydrogens (tertiary/aromatic N) is 4. The van der Waals surface area contributed by atoms with Gasteiger partial charge in [0.25, 0.3) is 0 Å². The molecule has 0 bridgehead atoms. The van der Waals surface area contributed by atoms with Gasteiger partial charge in [-0.25, -0.2) is 9.97 Å². The van der Waals surface area contributed by atoms with Crippen molar-refractivity contribution in [3.05, 3.63) is 18.6 Å². The van der Waals surface area contributed by atoms with Gasteiger partial charge >= 0.3 is 0 Å². The molecule has 3 rings (SSSR count). The number of aromatic nitrogens is 3. The first-order valence-corrected chi connectivity index (χ1v) is 6.26. The number of fused-ring (bicyclic) bond motifs is 1. The molecule has 0 spiro atoms. The van der Waals surface area contributed by atoms with E-state index in [1.165, 1.54) is 0 Å². The van der Waals surface area contributed by atoms with E-state index in [-0.39, 0.29) is 11.9 Å². The number of imidazole rings is 1. The lowest BCUT2D eigenvalue weighted by atomic mass is 10.2. The van der Waals surface area contributed by atoms with Crippen LogP contribution in [-0.4, -0.2) is 46.5 Å². The molecule has 0 radical (unpaired) electrons. The first kappa shape index (κ1) is 11.8. The molecule has 19 heavy (non-hydrogen) atoms. The van der Waals surface area contributed by atoms with Gasteiger partial charge in [0.15, 0.2) is 11.5 Å². The Morgan fingerprint density at radius 2 is 2.37 bits per heavy atom. The predicted molar refractivity (Wildman–Crippen MR) is 72.4 cm³/mol. The second-order valence-corrected chi connectivity index (χ2v) is 4.52. The molecule has 3 heterocycles. The van der Waals surface area contributed by atoms with Crippen molar-refractivity contribution < 1.29 is 4.79 Å². The van der Waals surface area contributed by atoms with Gasteiger partial charge in [0.05, 0.1) is 6.20 Å². The Bertz CT molecular complexity index is 622. The second kappa shape index (κ2) is 4.42. The Morgan fingerprint density at radius 3 is 3.16 bits per heavy atom. The maximum absolute atomic E-state index is 11.8. The van der Waals surface area contributed by atoms with Crippen molar-refractivity contribution in [2.75, 3.05) is 30.4 Å². The van der Waals surface area contributed by atoms with Gasteiger partial charge in [-0.15, -0.1) is 0 Å². The molecule has 1 fully saturated rings. The lowest BCUT2D eigenvalue weighted by Crippen LogP contribution is -2.54. The zero-order valence-corrected chi connectivity index (χ0v) is 10.9. The van der Waals surface area contributed by atoms with E-state index >= 15 is 0 Å². The van der Waals surface area contributed by atoms with Gasteiger partial charge in [0, 0.05) is 32.5 Å². The van der Waals surface area contributed by atoms with Crippen molar-refractivity contribution in [1.82, 2.24) is 19.7 Å². The minimum absolute atomic E-state index is 0.0209. The van der Waals surface area contributed by atoms with Crippen LogP contribution < -0.4 is 15.5 Å². The SMILES string of the molecule is CNc1cn2ccnc2c(N2CCNC(=O)C2C)n1. The van der Waals surface area contributed by atoms with Crippen molar-refractivity contribution in [3.8, 4) is 0 Å². The molecule has 1 aliphatic rings. The molecule has 1 saturated heterocycles. The maximum atomic E-state index is 11.8. The fourth-order valence-electron chi connectivity index (χ4n) is 2.30. The van der Waals surface area contributed by atoms with Crippen LogP contribution in [0.3, 0.4) is 0 Å². The third kappa shape index (κ3) is 1.87. The van der Waals surface area contributed by atoms with Gasteiger partial charge in [-0.05, 0) is 6.92 Å². The van der Waals surface area contributed by atoms with Crippen molar-refractivity contribution in [2.45, 2.75) is 13.0 Å². The number of piperazine rings is 1. The first-order chi connectivity index (χ1) is 9.20. The summed E-state index contributed by atoms with van der Waals surface area (Å²) in [5.74, 6) is 1.51. The molecule has 1 amide bonds. The summed E-state index contributed by atoms with van der Waals surface area (Å²) in [7, 11) is 1.82. The zero-order valence-electron chi connectivity index (χ0n) is 10.9. The highest BCUT2D eigenvalue weighted by Gasteiger charge is 2.28. The molecule has 7 nitrogen and oxygen atoms in total. The molecule has 2 N–H and O–H groups in total. The second-order valence-electron chi connectivity index (χ2n) is 4.52. The monoisotopic (exact) mass is 260 g/mol. The van der Waals surface area contributed by atoms with E-state index in [0.29, 0.717) is 6.54 Å². The van der Waals surface area contributed by atoms with Crippen molar-refractivity contribution >= 4 is 23.2 Å². The standard InChI is InChI=1S/C12H16N6O/c1-8-12(19)15-4-6-18(8)11-10-14-3-5-17(10)7-9(13-2)16-11/h3,5,7-8,13H,4,6H2,1-2H3,(H,15,19). The average molecular weight is 260 g/mol. The summed E-state index contributed by atoms with van der Waals surface area (Å²) < 4.78 is 1.91. The Labute approximate surface area is 110 Å². The lowest BCUT2D eigenvalue weighted by molar-refractivity contribution is -0.122. The molecule has 100 valence electrons. The molecule has 0 aromatic carbocycles. The molecule has 1 aliphatic heterocycles. The molecular weight excluding hydrogens is 244 g/mol. The van der Waals surface area contributed by atoms with Gasteiger partial charge in [-0.2, -0.15) is 0 Å². The van der Waals surface area contributed by atoms with E-state index in [1.807, 2.05) is 35.7 Å². The summed E-state index contributed by atoms with van der Waals surface area (Å²) in [4.78, 5) is 22.7. The summed E-state index contributed by atoms with van der Waals surface area (Å²) in [6, 6.07) is -0.242. The highest BCUT2D eigenvalue weighted by molar-refractivity contribution is 5.87. The topological polar surface area (TPSA) is 74.6 Å². The normalized spacial score (nSPS) is 19.6. The Balaban J connectivity index is 2.12. The fourth-order valence-corrected chi connectivity index (χ4v) is 2.30. The van der Waals surface area contributed by atoms with Crippen LogP contribution in [-0.2, 0) is 4.79 Å². The summed E-state index contributed by atoms with van der Waals surface area (Å²) >= 11 is 0. The van der Waals surface area contributed by atoms with Crippen LogP contribution in [0.1, 0.15) is 6.92 Å². The highest BCUT2D eigenvalue weighted by atomic mass is 16.2. The van der Waals surface area contributed by atoms with Crippen LogP contribution >= 0.6 is 0 Å². The Kier molecular flexibility index (Phi) is 2.73. The third-order valence-corrected chi connectivity index (χ3v) is 3.38. The Morgan fingerprint density at radius 1 is 1.53 bits per heavy atom. The van der Waals surface area contributed by atoms with Gasteiger partial charge in [0.1, 0.15) is 11.9 Å². The molecule has 1 atom stereocenters. The van der Waals surface area contributed by atoms with Gasteiger partial charge in [-0.3, -0.25) is 4.79 Å². The molecule has 0 aliphatic carbocycles. The van der Waals surface area contributed by atoms with Crippen molar-refractivity contribution in [2.24, 2.45) is 0 Å². The quantitative estimate of drug-likeness (QED) is 0.801. The lowest BCUT2D eigenvalue weighted by Gasteiger charge is -2.33. The molecule has 1 unspecified atom stereocenters. The number of anilines is 2. The summed E-state index contributed by atoms with van der Waals surface area (Å²) in [5, 5.41) is 5.88. The molecule has 0 saturated carbocycles. The molecule has 2 aromatic rings. The number of nitrogens with one attached hydrogen (secondary N) is 2. The smallest absolute Gasteiger partial charge is 0.242 e. The van der Waals surface area contributed by atoms with Crippen LogP contribution in [0.15, 0.2) is 18.6 Å². The van der Waals surface area contributed by atoms with E-state index in [4.69, 9.17) is 0 Å². The van der Waals surface area contributed by atoms with Gasteiger partial charge in [0.2, 0.25) is 5.91 Å². The van der Waals surface area contributed by atoms with Gasteiger partial charge in [-0.1, -0.05) is 0 Å². The van der Waals surface area contributed by atoms with E-state index in [1.54, 1.807) is 6.20 Å². The van der Waals surface area contributed by atoms with E-state index in [2.05, 4.69) is 20.6 Å². The van der Waals surface area contributed by atoms with Crippen LogP contribution in [0.5, 0.6) is 0 Å². The summed E-state index contributed by atoms with van der Waals surface area (Å²) in [6.07, 6.45) is 5.48. The third-order valence-electron chi connectivity index (χ3n) is 3.38. The number of amides is 1. The average Bonchev–Trinajstić information content (AvgIpc) is 2.89. The number of rotatable bonds is 2. The summed E-state index contributed by atoms with van der Waals surface area (Å²) in [6.45, 7) is 3.23. The fraction of sp³-hybridized carbons (Fsp3) is 0.417. The first-order valence-electron chi connectivity index (χ1n) is 6.26. The van der Waals surface area contributed by atoms with Crippen LogP contribution in [0, 0.1) is 0 Å². The van der Waals surface area contributed by atoms with Gasteiger partial charge < -0.3 is 19.9 Å². The summed E-state index contributed by atoms with van der Waals surface area (Å²) in [5.41, 5.74) is 0.764. The largest absolute Gasteiger partial charge is 0.372 e. The van der Waals surface area contributed by atoms with Crippen LogP contribution in [0.4, 0.5) is 11.6 Å². The van der Waals surface area contributed by atoms with Crippen molar-refractivity contribution in [3.63, 3.8) is 0 Å². The minimum Gasteiger partial charge on any atom is -0.372 e. The Hall–Kier alpha value is -2.31. The highest BCUT2D eigenvalue weighted by Crippen LogP contribution is 2.23. The van der Waals surface area contributed by atoms with E-state index < -0.39 is 0 Å². The van der Waals surface area contributed by atoms with Crippen LogP contribution in [0.25, 0.3) is 5.65 Å². The van der Waals surface area contributed by atoms with Crippen molar-refractivity contribution in [1.29, 1.82) is 0 Å². The van der Waals surface area contributed by atoms with Crippen LogP contribution in [0.2, 0.25) is 0 Å². The maximum Gasteiger partial charge on any atom is 0.242 e. The number of hydrogen-bond donors (Lipinski definition) is 2. The zero-order chi connectivity index (χ0) is 13.4. The predicted octanol–water partition coefficient (Wildman–Crippen LogP) is 0.0957.